The molecule has 2 heterocycles. The Morgan fingerprint density at radius 1 is 1.19 bits per heavy atom. The van der Waals surface area contributed by atoms with E-state index in [2.05, 4.69) is 9.97 Å². The number of ether oxygens (including phenoxy) is 1. The van der Waals surface area contributed by atoms with Gasteiger partial charge in [-0.2, -0.15) is 0 Å². The molecule has 0 unspecified atom stereocenters. The fourth-order valence-corrected chi connectivity index (χ4v) is 3.76. The molecule has 1 N–H and O–H groups in total. The number of nitrogens with zero attached hydrogens (tertiary/aromatic N) is 3. The number of benzene rings is 2. The van der Waals surface area contributed by atoms with Crippen molar-refractivity contribution >= 4 is 28.5 Å². The third kappa shape index (κ3) is 3.27. The van der Waals surface area contributed by atoms with Crippen molar-refractivity contribution in [3.63, 3.8) is 0 Å². The number of fused-ring (bicyclic) bond motifs is 1. The Hall–Kier alpha value is -2.54. The zero-order valence-electron chi connectivity index (χ0n) is 14.5. The molecule has 1 aliphatic rings. The highest BCUT2D eigenvalue weighted by molar-refractivity contribution is 6.31. The predicted molar refractivity (Wildman–Crippen MR) is 102 cm³/mol. The summed E-state index contributed by atoms with van der Waals surface area (Å²) in [7, 11) is 0. The second kappa shape index (κ2) is 7.60. The van der Waals surface area contributed by atoms with Crippen LogP contribution in [-0.4, -0.2) is 51.7 Å². The van der Waals surface area contributed by atoms with E-state index >= 15 is 0 Å². The van der Waals surface area contributed by atoms with Gasteiger partial charge in [-0.1, -0.05) is 35.9 Å². The Balaban J connectivity index is 1.80. The molecule has 6 nitrogen and oxygen atoms in total. The van der Waals surface area contributed by atoms with E-state index in [0.717, 1.165) is 5.56 Å². The number of aromatic nitrogens is 2. The molecule has 0 saturated carbocycles. The van der Waals surface area contributed by atoms with Gasteiger partial charge in [-0.25, -0.2) is 0 Å². The molecule has 1 amide bonds. The zero-order valence-corrected chi connectivity index (χ0v) is 15.2. The quantitative estimate of drug-likeness (QED) is 0.752. The van der Waals surface area contributed by atoms with Gasteiger partial charge in [-0.3, -0.25) is 14.8 Å². The van der Waals surface area contributed by atoms with E-state index in [4.69, 9.17) is 16.3 Å². The third-order valence-electron chi connectivity index (χ3n) is 4.75. The molecule has 7 heteroatoms. The smallest absolute Gasteiger partial charge is 0.256 e. The van der Waals surface area contributed by atoms with Crippen LogP contribution in [-0.2, 0) is 4.74 Å². The lowest BCUT2D eigenvalue weighted by Gasteiger charge is -2.41. The van der Waals surface area contributed by atoms with E-state index in [1.54, 1.807) is 35.5 Å². The van der Waals surface area contributed by atoms with Gasteiger partial charge in [-0.05, 0) is 23.8 Å². The maximum absolute atomic E-state index is 13.4. The summed E-state index contributed by atoms with van der Waals surface area (Å²) in [6.45, 7) is 0.519. The first-order valence-corrected chi connectivity index (χ1v) is 9.06. The minimum absolute atomic E-state index is 0.187. The van der Waals surface area contributed by atoms with E-state index in [1.807, 2.05) is 24.3 Å². The summed E-state index contributed by atoms with van der Waals surface area (Å²) in [4.78, 5) is 23.8. The molecule has 27 heavy (non-hydrogen) atoms. The molecule has 0 spiro atoms. The highest BCUT2D eigenvalue weighted by Gasteiger charge is 2.38. The molecular formula is C20H18ClN3O3. The maximum Gasteiger partial charge on any atom is 0.256 e. The van der Waals surface area contributed by atoms with Crippen LogP contribution < -0.4 is 0 Å². The van der Waals surface area contributed by atoms with E-state index < -0.39 is 12.1 Å². The van der Waals surface area contributed by atoms with Crippen LogP contribution in [0.3, 0.4) is 0 Å². The summed E-state index contributed by atoms with van der Waals surface area (Å²) >= 11 is 6.39. The maximum atomic E-state index is 13.4. The van der Waals surface area contributed by atoms with Gasteiger partial charge >= 0.3 is 0 Å². The predicted octanol–water partition coefficient (Wildman–Crippen LogP) is 2.86. The second-order valence-electron chi connectivity index (χ2n) is 6.29. The molecule has 0 aliphatic carbocycles. The number of aliphatic hydroxyl groups excluding tert-OH is 1. The number of carbonyl (C=O) groups excluding carboxylic acids is 1. The van der Waals surface area contributed by atoms with Crippen LogP contribution in [0.5, 0.6) is 0 Å². The number of para-hydroxylation sites is 1. The molecule has 1 aliphatic heterocycles. The molecule has 138 valence electrons. The van der Waals surface area contributed by atoms with Crippen LogP contribution in [0.2, 0.25) is 5.02 Å². The van der Waals surface area contributed by atoms with Gasteiger partial charge in [0.25, 0.3) is 5.91 Å². The average molecular weight is 384 g/mol. The first-order chi connectivity index (χ1) is 13.2. The van der Waals surface area contributed by atoms with Crippen LogP contribution in [0.25, 0.3) is 11.0 Å². The Bertz CT molecular complexity index is 976. The van der Waals surface area contributed by atoms with Gasteiger partial charge < -0.3 is 14.7 Å². The molecule has 2 aromatic carbocycles. The van der Waals surface area contributed by atoms with Crippen molar-refractivity contribution in [1.82, 2.24) is 14.9 Å². The molecular weight excluding hydrogens is 366 g/mol. The number of hydrogen-bond acceptors (Lipinski definition) is 5. The van der Waals surface area contributed by atoms with E-state index in [-0.39, 0.29) is 12.5 Å². The molecule has 0 bridgehead atoms. The molecule has 1 aromatic heterocycles. The molecule has 4 rings (SSSR count). The summed E-state index contributed by atoms with van der Waals surface area (Å²) in [6, 6.07) is 12.2. The topological polar surface area (TPSA) is 75.6 Å². The average Bonchev–Trinajstić information content (AvgIpc) is 2.72. The number of morpholine rings is 1. The van der Waals surface area contributed by atoms with Crippen LogP contribution in [0.15, 0.2) is 54.9 Å². The first-order valence-electron chi connectivity index (χ1n) is 8.68. The van der Waals surface area contributed by atoms with Crippen LogP contribution in [0, 0.1) is 0 Å². The lowest BCUT2D eigenvalue weighted by molar-refractivity contribution is -0.0810. The van der Waals surface area contributed by atoms with Gasteiger partial charge in [-0.15, -0.1) is 0 Å². The largest absolute Gasteiger partial charge is 0.394 e. The summed E-state index contributed by atoms with van der Waals surface area (Å²) in [5, 5.41) is 10.4. The zero-order chi connectivity index (χ0) is 18.8. The van der Waals surface area contributed by atoms with Crippen molar-refractivity contribution in [2.75, 3.05) is 19.8 Å². The van der Waals surface area contributed by atoms with E-state index in [0.29, 0.717) is 34.8 Å². The van der Waals surface area contributed by atoms with Crippen molar-refractivity contribution < 1.29 is 14.6 Å². The summed E-state index contributed by atoms with van der Waals surface area (Å²) < 4.78 is 5.72. The van der Waals surface area contributed by atoms with Crippen molar-refractivity contribution in [2.45, 2.75) is 12.1 Å². The second-order valence-corrected chi connectivity index (χ2v) is 6.69. The minimum Gasteiger partial charge on any atom is -0.394 e. The number of carbonyl (C=O) groups is 1. The number of halogens is 1. The Labute approximate surface area is 161 Å². The van der Waals surface area contributed by atoms with Gasteiger partial charge in [0, 0.05) is 24.0 Å². The SMILES string of the molecule is O=C(c1cccc2nccnc12)N1CCO[C@@H](CO)[C@@H]1c1ccccc1Cl. The highest BCUT2D eigenvalue weighted by Crippen LogP contribution is 2.35. The fourth-order valence-electron chi connectivity index (χ4n) is 3.52. The Morgan fingerprint density at radius 3 is 2.81 bits per heavy atom. The molecule has 2 atom stereocenters. The van der Waals surface area contributed by atoms with E-state index in [1.165, 1.54) is 0 Å². The van der Waals surface area contributed by atoms with Crippen LogP contribution in [0.4, 0.5) is 0 Å². The van der Waals surface area contributed by atoms with Crippen LogP contribution >= 0.6 is 11.6 Å². The lowest BCUT2D eigenvalue weighted by Crippen LogP contribution is -2.49. The van der Waals surface area contributed by atoms with Gasteiger partial charge in [0.05, 0.1) is 30.3 Å². The molecule has 1 fully saturated rings. The van der Waals surface area contributed by atoms with Crippen molar-refractivity contribution in [3.05, 3.63) is 71.0 Å². The number of rotatable bonds is 3. The summed E-state index contributed by atoms with van der Waals surface area (Å²) in [5.74, 6) is -0.187. The normalized spacial score (nSPS) is 20.0. The molecule has 3 aromatic rings. The van der Waals surface area contributed by atoms with Gasteiger partial charge in [0.15, 0.2) is 0 Å². The summed E-state index contributed by atoms with van der Waals surface area (Å²) in [6.07, 6.45) is 2.61. The Kier molecular flexibility index (Phi) is 5.03. The van der Waals surface area contributed by atoms with Crippen molar-refractivity contribution in [3.8, 4) is 0 Å². The Morgan fingerprint density at radius 2 is 2.00 bits per heavy atom. The lowest BCUT2D eigenvalue weighted by atomic mass is 9.97. The third-order valence-corrected chi connectivity index (χ3v) is 5.09. The van der Waals surface area contributed by atoms with Gasteiger partial charge in [0.1, 0.15) is 11.6 Å². The number of amides is 1. The van der Waals surface area contributed by atoms with Crippen molar-refractivity contribution in [2.24, 2.45) is 0 Å². The highest BCUT2D eigenvalue weighted by atomic mass is 35.5. The summed E-state index contributed by atoms with van der Waals surface area (Å²) in [5.41, 5.74) is 2.42. The van der Waals surface area contributed by atoms with Gasteiger partial charge in [0.2, 0.25) is 0 Å². The molecule has 0 radical (unpaired) electrons. The van der Waals surface area contributed by atoms with E-state index in [9.17, 15) is 9.90 Å². The molecule has 1 saturated heterocycles. The fraction of sp³-hybridized carbons (Fsp3) is 0.250. The van der Waals surface area contributed by atoms with Crippen molar-refractivity contribution in [1.29, 1.82) is 0 Å². The minimum atomic E-state index is -0.552. The van der Waals surface area contributed by atoms with Crippen LogP contribution in [0.1, 0.15) is 22.0 Å². The first kappa shape index (κ1) is 17.9. The number of hydrogen-bond donors (Lipinski definition) is 1. The number of aliphatic hydroxyl groups is 1. The monoisotopic (exact) mass is 383 g/mol. The standard InChI is InChI=1S/C20H18ClN3O3/c21-15-6-2-1-4-13(15)19-17(12-25)27-11-10-24(19)20(26)14-5-3-7-16-18(14)23-9-8-22-16/h1-9,17,19,25H,10-12H2/t17-,19-/m0/s1.